The van der Waals surface area contributed by atoms with Crippen molar-refractivity contribution in [2.45, 2.75) is 39.5 Å². The topological polar surface area (TPSA) is 57.5 Å². The van der Waals surface area contributed by atoms with Crippen LogP contribution in [0.3, 0.4) is 0 Å². The maximum absolute atomic E-state index is 10.3. The molecule has 3 heteroatoms. The summed E-state index contributed by atoms with van der Waals surface area (Å²) in [7, 11) is 0. The minimum atomic E-state index is -0.755. The first-order valence-corrected chi connectivity index (χ1v) is 5.20. The van der Waals surface area contributed by atoms with Crippen molar-refractivity contribution in [2.24, 2.45) is 0 Å². The van der Waals surface area contributed by atoms with Crippen molar-refractivity contribution in [3.05, 3.63) is 23.3 Å². The summed E-state index contributed by atoms with van der Waals surface area (Å²) >= 11 is 0. The predicted octanol–water partition coefficient (Wildman–Crippen LogP) is 2.52. The molecule has 0 spiro atoms. The number of aliphatic hydroxyl groups excluding tert-OH is 1. The van der Waals surface area contributed by atoms with E-state index >= 15 is 0 Å². The van der Waals surface area contributed by atoms with E-state index < -0.39 is 5.97 Å². The van der Waals surface area contributed by atoms with Crippen LogP contribution in [0.15, 0.2) is 23.3 Å². The molecule has 0 amide bonds. The Morgan fingerprint density at radius 2 is 1.60 bits per heavy atom. The molecule has 0 aliphatic heterocycles. The standard InChI is InChI=1S/C12H20O3/c1-10(6-4-8-12(14)15)5-3-7-11(2)9-13/h6-7,13H,3-5,8-9H2,1-2H3,(H,14,15)/b10-6+,11-7+. The van der Waals surface area contributed by atoms with Crippen LogP contribution in [0.5, 0.6) is 0 Å². The van der Waals surface area contributed by atoms with Crippen molar-refractivity contribution < 1.29 is 15.0 Å². The van der Waals surface area contributed by atoms with E-state index in [0.717, 1.165) is 18.4 Å². The third-order valence-corrected chi connectivity index (χ3v) is 2.13. The van der Waals surface area contributed by atoms with Crippen LogP contribution < -0.4 is 0 Å². The van der Waals surface area contributed by atoms with Gasteiger partial charge in [-0.2, -0.15) is 0 Å². The average Bonchev–Trinajstić information content (AvgIpc) is 2.17. The number of hydrogen-bond acceptors (Lipinski definition) is 2. The van der Waals surface area contributed by atoms with Gasteiger partial charge in [0.25, 0.3) is 0 Å². The molecule has 0 aliphatic carbocycles. The van der Waals surface area contributed by atoms with Crippen LogP contribution in [0.4, 0.5) is 0 Å². The molecule has 0 aromatic carbocycles. The Balaban J connectivity index is 3.73. The number of carboxylic acids is 1. The van der Waals surface area contributed by atoms with E-state index in [2.05, 4.69) is 0 Å². The van der Waals surface area contributed by atoms with Gasteiger partial charge in [0.1, 0.15) is 0 Å². The monoisotopic (exact) mass is 212 g/mol. The molecular weight excluding hydrogens is 192 g/mol. The van der Waals surface area contributed by atoms with Crippen LogP contribution in [0.2, 0.25) is 0 Å². The van der Waals surface area contributed by atoms with Crippen LogP contribution in [-0.2, 0) is 4.79 Å². The minimum Gasteiger partial charge on any atom is -0.481 e. The number of rotatable bonds is 7. The molecule has 0 unspecified atom stereocenters. The van der Waals surface area contributed by atoms with Crippen molar-refractivity contribution in [1.29, 1.82) is 0 Å². The molecule has 0 heterocycles. The molecule has 0 fully saturated rings. The normalized spacial score (nSPS) is 13.0. The van der Waals surface area contributed by atoms with Gasteiger partial charge in [0.05, 0.1) is 6.61 Å². The highest BCUT2D eigenvalue weighted by Crippen LogP contribution is 2.08. The Hall–Kier alpha value is -1.09. The molecule has 0 aromatic rings. The van der Waals surface area contributed by atoms with Crippen LogP contribution >= 0.6 is 0 Å². The summed E-state index contributed by atoms with van der Waals surface area (Å²) in [4.78, 5) is 10.3. The van der Waals surface area contributed by atoms with Crippen LogP contribution in [-0.4, -0.2) is 22.8 Å². The second-order valence-electron chi connectivity index (χ2n) is 3.73. The zero-order valence-electron chi connectivity index (χ0n) is 9.49. The van der Waals surface area contributed by atoms with E-state index in [1.165, 1.54) is 5.57 Å². The second-order valence-corrected chi connectivity index (χ2v) is 3.73. The van der Waals surface area contributed by atoms with E-state index in [0.29, 0.717) is 6.42 Å². The maximum Gasteiger partial charge on any atom is 0.303 e. The Bertz CT molecular complexity index is 252. The number of allylic oxidation sites excluding steroid dienone is 3. The molecule has 0 radical (unpaired) electrons. The SMILES string of the molecule is C/C(=C\CC/C(C)=C/CCC(=O)O)CO. The van der Waals surface area contributed by atoms with E-state index in [1.807, 2.05) is 26.0 Å². The quantitative estimate of drug-likeness (QED) is 0.637. The summed E-state index contributed by atoms with van der Waals surface area (Å²) in [5, 5.41) is 17.2. The van der Waals surface area contributed by atoms with E-state index in [-0.39, 0.29) is 13.0 Å². The molecule has 0 bridgehead atoms. The molecule has 0 rings (SSSR count). The Labute approximate surface area is 91.1 Å². The van der Waals surface area contributed by atoms with Gasteiger partial charge >= 0.3 is 5.97 Å². The van der Waals surface area contributed by atoms with E-state index in [4.69, 9.17) is 10.2 Å². The molecule has 2 N–H and O–H groups in total. The smallest absolute Gasteiger partial charge is 0.303 e. The fourth-order valence-corrected chi connectivity index (χ4v) is 1.15. The fourth-order valence-electron chi connectivity index (χ4n) is 1.15. The summed E-state index contributed by atoms with van der Waals surface area (Å²) in [6.07, 6.45) is 6.61. The highest BCUT2D eigenvalue weighted by Gasteiger charge is 1.94. The molecule has 0 aliphatic rings. The molecule has 0 saturated heterocycles. The molecule has 15 heavy (non-hydrogen) atoms. The van der Waals surface area contributed by atoms with E-state index in [9.17, 15) is 4.79 Å². The van der Waals surface area contributed by atoms with Crippen molar-refractivity contribution in [3.63, 3.8) is 0 Å². The lowest BCUT2D eigenvalue weighted by atomic mass is 10.1. The van der Waals surface area contributed by atoms with Gasteiger partial charge in [-0.3, -0.25) is 4.79 Å². The first-order chi connectivity index (χ1) is 7.06. The van der Waals surface area contributed by atoms with Crippen molar-refractivity contribution >= 4 is 5.97 Å². The second kappa shape index (κ2) is 8.24. The molecule has 0 saturated carbocycles. The number of carbonyl (C=O) groups is 1. The number of hydrogen-bond donors (Lipinski definition) is 2. The maximum atomic E-state index is 10.3. The number of aliphatic carboxylic acids is 1. The lowest BCUT2D eigenvalue weighted by molar-refractivity contribution is -0.136. The first kappa shape index (κ1) is 13.9. The summed E-state index contributed by atoms with van der Waals surface area (Å²) in [5.41, 5.74) is 2.19. The Kier molecular flexibility index (Phi) is 7.64. The Morgan fingerprint density at radius 3 is 2.13 bits per heavy atom. The van der Waals surface area contributed by atoms with Gasteiger partial charge in [-0.05, 0) is 33.1 Å². The summed E-state index contributed by atoms with van der Waals surface area (Å²) in [5.74, 6) is -0.755. The Morgan fingerprint density at radius 1 is 1.07 bits per heavy atom. The van der Waals surface area contributed by atoms with Gasteiger partial charge in [-0.15, -0.1) is 0 Å². The van der Waals surface area contributed by atoms with Crippen molar-refractivity contribution in [2.75, 3.05) is 6.61 Å². The van der Waals surface area contributed by atoms with Crippen molar-refractivity contribution in [3.8, 4) is 0 Å². The predicted molar refractivity (Wildman–Crippen MR) is 60.7 cm³/mol. The summed E-state index contributed by atoms with van der Waals surface area (Å²) < 4.78 is 0. The third kappa shape index (κ3) is 9.22. The first-order valence-electron chi connectivity index (χ1n) is 5.20. The van der Waals surface area contributed by atoms with Gasteiger partial charge in [0, 0.05) is 6.42 Å². The average molecular weight is 212 g/mol. The number of carboxylic acid groups (broad SMARTS) is 1. The zero-order chi connectivity index (χ0) is 11.7. The highest BCUT2D eigenvalue weighted by molar-refractivity contribution is 5.66. The van der Waals surface area contributed by atoms with Gasteiger partial charge in [0.2, 0.25) is 0 Å². The van der Waals surface area contributed by atoms with Crippen LogP contribution in [0.1, 0.15) is 39.5 Å². The molecule has 3 nitrogen and oxygen atoms in total. The molecule has 0 atom stereocenters. The van der Waals surface area contributed by atoms with Crippen LogP contribution in [0.25, 0.3) is 0 Å². The summed E-state index contributed by atoms with van der Waals surface area (Å²) in [6.45, 7) is 4.01. The highest BCUT2D eigenvalue weighted by atomic mass is 16.4. The molecule has 0 aromatic heterocycles. The number of aliphatic hydroxyl groups is 1. The third-order valence-electron chi connectivity index (χ3n) is 2.13. The van der Waals surface area contributed by atoms with E-state index in [1.54, 1.807) is 0 Å². The van der Waals surface area contributed by atoms with Crippen molar-refractivity contribution in [1.82, 2.24) is 0 Å². The lowest BCUT2D eigenvalue weighted by Crippen LogP contribution is -1.92. The van der Waals surface area contributed by atoms with Gasteiger partial charge in [-0.25, -0.2) is 0 Å². The minimum absolute atomic E-state index is 0.113. The van der Waals surface area contributed by atoms with Crippen LogP contribution in [0, 0.1) is 0 Å². The zero-order valence-corrected chi connectivity index (χ0v) is 9.49. The van der Waals surface area contributed by atoms with Gasteiger partial charge in [-0.1, -0.05) is 23.3 Å². The fraction of sp³-hybridized carbons (Fsp3) is 0.583. The van der Waals surface area contributed by atoms with Gasteiger partial charge in [0.15, 0.2) is 0 Å². The van der Waals surface area contributed by atoms with Gasteiger partial charge < -0.3 is 10.2 Å². The molecule has 86 valence electrons. The molecular formula is C12H20O3. The lowest BCUT2D eigenvalue weighted by Gasteiger charge is -1.99. The largest absolute Gasteiger partial charge is 0.481 e. The summed E-state index contributed by atoms with van der Waals surface area (Å²) in [6, 6.07) is 0.